The Labute approximate surface area is 141 Å². The van der Waals surface area contributed by atoms with Crippen molar-refractivity contribution in [3.63, 3.8) is 0 Å². The topological polar surface area (TPSA) is 41.1 Å². The van der Waals surface area contributed by atoms with Crippen molar-refractivity contribution in [3.8, 4) is 0 Å². The van der Waals surface area contributed by atoms with Gasteiger partial charge >= 0.3 is 0 Å². The van der Waals surface area contributed by atoms with Crippen molar-refractivity contribution in [2.24, 2.45) is 0 Å². The van der Waals surface area contributed by atoms with E-state index in [4.69, 9.17) is 0 Å². The zero-order valence-electron chi connectivity index (χ0n) is 13.1. The van der Waals surface area contributed by atoms with Gasteiger partial charge in [0, 0.05) is 30.5 Å². The SMILES string of the molecule is O=C(CC1CSCCN1)NC(c1ccccc1)c1ccccc1. The minimum absolute atomic E-state index is 0.0962. The Bertz CT molecular complexity index is 572. The standard InChI is InChI=1S/C19H22N2OS/c22-18(13-17-14-23-12-11-20-17)21-19(15-7-3-1-4-8-15)16-9-5-2-6-10-16/h1-10,17,19-20H,11-14H2,(H,21,22). The summed E-state index contributed by atoms with van der Waals surface area (Å²) in [7, 11) is 0. The van der Waals surface area contributed by atoms with Crippen molar-refractivity contribution < 1.29 is 4.79 Å². The molecule has 120 valence electrons. The summed E-state index contributed by atoms with van der Waals surface area (Å²) >= 11 is 1.91. The second kappa shape index (κ2) is 8.18. The van der Waals surface area contributed by atoms with E-state index < -0.39 is 0 Å². The fourth-order valence-corrected chi connectivity index (χ4v) is 3.79. The lowest BCUT2D eigenvalue weighted by Gasteiger charge is -2.25. The van der Waals surface area contributed by atoms with Gasteiger partial charge in [0.2, 0.25) is 5.91 Å². The molecule has 1 heterocycles. The van der Waals surface area contributed by atoms with Crippen molar-refractivity contribution in [3.05, 3.63) is 71.8 Å². The highest BCUT2D eigenvalue weighted by Crippen LogP contribution is 2.22. The predicted molar refractivity (Wildman–Crippen MR) is 96.6 cm³/mol. The quantitative estimate of drug-likeness (QED) is 0.887. The maximum Gasteiger partial charge on any atom is 0.222 e. The summed E-state index contributed by atoms with van der Waals surface area (Å²) in [5, 5.41) is 6.63. The molecule has 1 atom stereocenters. The molecule has 1 amide bonds. The van der Waals surface area contributed by atoms with Gasteiger partial charge in [-0.3, -0.25) is 4.79 Å². The first kappa shape index (κ1) is 16.1. The molecule has 0 aliphatic carbocycles. The summed E-state index contributed by atoms with van der Waals surface area (Å²) in [6.45, 7) is 0.989. The van der Waals surface area contributed by atoms with E-state index in [9.17, 15) is 4.79 Å². The summed E-state index contributed by atoms with van der Waals surface area (Å²) in [4.78, 5) is 12.5. The number of hydrogen-bond donors (Lipinski definition) is 2. The minimum Gasteiger partial charge on any atom is -0.345 e. The van der Waals surface area contributed by atoms with Gasteiger partial charge in [0.05, 0.1) is 6.04 Å². The Hall–Kier alpha value is -1.78. The third-order valence-electron chi connectivity index (χ3n) is 4.00. The van der Waals surface area contributed by atoms with Gasteiger partial charge in [-0.25, -0.2) is 0 Å². The molecular formula is C19H22N2OS. The Balaban J connectivity index is 1.72. The van der Waals surface area contributed by atoms with E-state index in [2.05, 4.69) is 34.9 Å². The molecule has 1 saturated heterocycles. The number of carbonyl (C=O) groups is 1. The molecule has 2 N–H and O–H groups in total. The van der Waals surface area contributed by atoms with Gasteiger partial charge in [-0.15, -0.1) is 0 Å². The van der Waals surface area contributed by atoms with Crippen LogP contribution in [0.25, 0.3) is 0 Å². The number of hydrogen-bond acceptors (Lipinski definition) is 3. The summed E-state index contributed by atoms with van der Waals surface area (Å²) in [5.74, 6) is 2.24. The van der Waals surface area contributed by atoms with Gasteiger partial charge in [-0.05, 0) is 11.1 Å². The van der Waals surface area contributed by atoms with Crippen LogP contribution in [0.2, 0.25) is 0 Å². The van der Waals surface area contributed by atoms with E-state index in [1.54, 1.807) is 0 Å². The molecular weight excluding hydrogens is 304 g/mol. The maximum absolute atomic E-state index is 12.5. The van der Waals surface area contributed by atoms with Crippen molar-refractivity contribution in [1.82, 2.24) is 10.6 Å². The number of rotatable bonds is 5. The molecule has 0 radical (unpaired) electrons. The van der Waals surface area contributed by atoms with Crippen molar-refractivity contribution >= 4 is 17.7 Å². The Morgan fingerprint density at radius 3 is 2.22 bits per heavy atom. The van der Waals surface area contributed by atoms with Crippen LogP contribution in [-0.4, -0.2) is 30.0 Å². The average molecular weight is 326 g/mol. The van der Waals surface area contributed by atoms with Gasteiger partial charge in [-0.2, -0.15) is 11.8 Å². The van der Waals surface area contributed by atoms with Crippen LogP contribution in [0.1, 0.15) is 23.6 Å². The predicted octanol–water partition coefficient (Wildman–Crippen LogP) is 2.99. The molecule has 0 spiro atoms. The molecule has 2 aromatic rings. The molecule has 1 aliphatic heterocycles. The summed E-state index contributed by atoms with van der Waals surface area (Å²) in [5.41, 5.74) is 2.22. The van der Waals surface area contributed by atoms with Gasteiger partial charge in [0.25, 0.3) is 0 Å². The molecule has 1 aliphatic rings. The highest BCUT2D eigenvalue weighted by atomic mass is 32.2. The van der Waals surface area contributed by atoms with Gasteiger partial charge in [0.1, 0.15) is 0 Å². The van der Waals surface area contributed by atoms with Crippen LogP contribution in [0, 0.1) is 0 Å². The normalized spacial score (nSPS) is 17.9. The average Bonchev–Trinajstić information content (AvgIpc) is 2.62. The Morgan fingerprint density at radius 1 is 1.09 bits per heavy atom. The van der Waals surface area contributed by atoms with Crippen molar-refractivity contribution in [1.29, 1.82) is 0 Å². The third kappa shape index (κ3) is 4.60. The van der Waals surface area contributed by atoms with Crippen LogP contribution in [0.3, 0.4) is 0 Å². The lowest BCUT2D eigenvalue weighted by Crippen LogP contribution is -2.42. The summed E-state index contributed by atoms with van der Waals surface area (Å²) in [6.07, 6.45) is 0.531. The van der Waals surface area contributed by atoms with Crippen LogP contribution in [0.5, 0.6) is 0 Å². The summed E-state index contributed by atoms with van der Waals surface area (Å²) < 4.78 is 0. The molecule has 3 rings (SSSR count). The van der Waals surface area contributed by atoms with Crippen LogP contribution in [0.4, 0.5) is 0 Å². The van der Waals surface area contributed by atoms with Crippen LogP contribution in [-0.2, 0) is 4.79 Å². The highest BCUT2D eigenvalue weighted by molar-refractivity contribution is 7.99. The highest BCUT2D eigenvalue weighted by Gasteiger charge is 2.20. The second-order valence-corrected chi connectivity index (χ2v) is 6.90. The van der Waals surface area contributed by atoms with E-state index in [1.165, 1.54) is 0 Å². The van der Waals surface area contributed by atoms with E-state index >= 15 is 0 Å². The smallest absolute Gasteiger partial charge is 0.222 e. The van der Waals surface area contributed by atoms with Crippen LogP contribution in [0.15, 0.2) is 60.7 Å². The zero-order valence-corrected chi connectivity index (χ0v) is 13.9. The first-order chi connectivity index (χ1) is 11.3. The number of benzene rings is 2. The molecule has 0 saturated carbocycles. The zero-order chi connectivity index (χ0) is 15.9. The fraction of sp³-hybridized carbons (Fsp3) is 0.316. The van der Waals surface area contributed by atoms with Crippen molar-refractivity contribution in [2.75, 3.05) is 18.1 Å². The number of nitrogens with one attached hydrogen (secondary N) is 2. The fourth-order valence-electron chi connectivity index (χ4n) is 2.84. The second-order valence-electron chi connectivity index (χ2n) is 5.75. The van der Waals surface area contributed by atoms with E-state index in [1.807, 2.05) is 48.2 Å². The molecule has 1 unspecified atom stereocenters. The molecule has 3 nitrogen and oxygen atoms in total. The van der Waals surface area contributed by atoms with Gasteiger partial charge in [0.15, 0.2) is 0 Å². The molecule has 2 aromatic carbocycles. The van der Waals surface area contributed by atoms with E-state index in [0.29, 0.717) is 6.42 Å². The molecule has 0 aromatic heterocycles. The molecule has 1 fully saturated rings. The number of carbonyl (C=O) groups excluding carboxylic acids is 1. The maximum atomic E-state index is 12.5. The Kier molecular flexibility index (Phi) is 5.72. The minimum atomic E-state index is -0.0962. The molecule has 4 heteroatoms. The third-order valence-corrected chi connectivity index (χ3v) is 5.13. The Morgan fingerprint density at radius 2 is 1.70 bits per heavy atom. The van der Waals surface area contributed by atoms with Crippen LogP contribution < -0.4 is 10.6 Å². The first-order valence-corrected chi connectivity index (χ1v) is 9.19. The van der Waals surface area contributed by atoms with E-state index in [-0.39, 0.29) is 18.0 Å². The summed E-state index contributed by atoms with van der Waals surface area (Å²) in [6, 6.07) is 20.5. The van der Waals surface area contributed by atoms with Crippen LogP contribution >= 0.6 is 11.8 Å². The van der Waals surface area contributed by atoms with Gasteiger partial charge < -0.3 is 10.6 Å². The largest absolute Gasteiger partial charge is 0.345 e. The number of amides is 1. The molecule has 23 heavy (non-hydrogen) atoms. The first-order valence-electron chi connectivity index (χ1n) is 8.03. The lowest BCUT2D eigenvalue weighted by atomic mass is 9.98. The lowest BCUT2D eigenvalue weighted by molar-refractivity contribution is -0.122. The van der Waals surface area contributed by atoms with Crippen molar-refractivity contribution in [2.45, 2.75) is 18.5 Å². The van der Waals surface area contributed by atoms with Gasteiger partial charge in [-0.1, -0.05) is 60.7 Å². The number of thioether (sulfide) groups is 1. The monoisotopic (exact) mass is 326 g/mol. The van der Waals surface area contributed by atoms with E-state index in [0.717, 1.165) is 29.2 Å². The molecule has 0 bridgehead atoms.